The minimum Gasteiger partial charge on any atom is -0.393 e. The van der Waals surface area contributed by atoms with Gasteiger partial charge in [-0.2, -0.15) is 0 Å². The molecule has 1 rings (SSSR count). The van der Waals surface area contributed by atoms with Gasteiger partial charge in [-0.05, 0) is 32.7 Å². The molecule has 110 valence electrons. The van der Waals surface area contributed by atoms with E-state index < -0.39 is 5.60 Å². The van der Waals surface area contributed by atoms with Crippen molar-refractivity contribution in [3.8, 4) is 0 Å². The van der Waals surface area contributed by atoms with Crippen LogP contribution in [0.25, 0.3) is 0 Å². The second-order valence-electron chi connectivity index (χ2n) is 5.66. The molecule has 1 atom stereocenters. The average Bonchev–Trinajstić information content (AvgIpc) is 2.47. The normalized spacial score (nSPS) is 24.8. The third kappa shape index (κ3) is 6.31. The molecule has 0 aromatic carbocycles. The number of amides is 1. The highest BCUT2D eigenvalue weighted by molar-refractivity contribution is 7.80. The largest absolute Gasteiger partial charge is 0.393 e. The van der Waals surface area contributed by atoms with E-state index >= 15 is 0 Å². The predicted octanol–water partition coefficient (Wildman–Crippen LogP) is 0.358. The van der Waals surface area contributed by atoms with Gasteiger partial charge in [-0.25, -0.2) is 0 Å². The lowest BCUT2D eigenvalue weighted by molar-refractivity contribution is -0.131. The molecule has 0 spiro atoms. The Hall–Kier alpha value is -0.720. The van der Waals surface area contributed by atoms with Crippen molar-refractivity contribution in [3.05, 3.63) is 0 Å². The van der Waals surface area contributed by atoms with E-state index in [-0.39, 0.29) is 5.91 Å². The van der Waals surface area contributed by atoms with Gasteiger partial charge < -0.3 is 15.7 Å². The molecule has 0 radical (unpaired) electrons. The number of hydrogen-bond donors (Lipinski definition) is 2. The summed E-state index contributed by atoms with van der Waals surface area (Å²) in [6.45, 7) is 4.48. The number of nitrogens with two attached hydrogens (primary N) is 1. The fourth-order valence-electron chi connectivity index (χ4n) is 2.19. The summed E-state index contributed by atoms with van der Waals surface area (Å²) >= 11 is 4.81. The maximum atomic E-state index is 12.0. The molecule has 1 aliphatic heterocycles. The third-order valence-electron chi connectivity index (χ3n) is 3.63. The summed E-state index contributed by atoms with van der Waals surface area (Å²) in [7, 11) is 1.77. The van der Waals surface area contributed by atoms with E-state index in [0.717, 1.165) is 32.4 Å². The van der Waals surface area contributed by atoms with Crippen LogP contribution in [0, 0.1) is 0 Å². The van der Waals surface area contributed by atoms with Crippen molar-refractivity contribution in [1.82, 2.24) is 9.80 Å². The molecule has 1 heterocycles. The van der Waals surface area contributed by atoms with Crippen molar-refractivity contribution < 1.29 is 9.90 Å². The van der Waals surface area contributed by atoms with Crippen molar-refractivity contribution >= 4 is 23.1 Å². The zero-order chi connectivity index (χ0) is 14.5. The number of aliphatic hydroxyl groups is 1. The lowest BCUT2D eigenvalue weighted by Gasteiger charge is -2.24. The molecule has 6 heteroatoms. The first-order valence-corrected chi connectivity index (χ1v) is 7.18. The van der Waals surface area contributed by atoms with E-state index in [2.05, 4.69) is 4.90 Å². The number of carbonyl (C=O) groups excluding carboxylic acids is 1. The quantitative estimate of drug-likeness (QED) is 0.715. The zero-order valence-corrected chi connectivity index (χ0v) is 12.7. The number of thiocarbonyl (C=S) groups is 1. The first-order valence-electron chi connectivity index (χ1n) is 6.77. The monoisotopic (exact) mass is 287 g/mol. The fraction of sp³-hybridized carbons (Fsp3) is 0.846. The van der Waals surface area contributed by atoms with Crippen LogP contribution in [-0.4, -0.2) is 64.6 Å². The van der Waals surface area contributed by atoms with Gasteiger partial charge in [-0.3, -0.25) is 9.69 Å². The summed E-state index contributed by atoms with van der Waals surface area (Å²) < 4.78 is 0. The van der Waals surface area contributed by atoms with E-state index in [1.807, 2.05) is 6.92 Å². The SMILES string of the molecule is CN(CCC(N)=S)C(=O)CN1CCCC(C)(O)CC1. The Bertz CT molecular complexity index is 334. The van der Waals surface area contributed by atoms with E-state index in [4.69, 9.17) is 18.0 Å². The molecule has 0 bridgehead atoms. The summed E-state index contributed by atoms with van der Waals surface area (Å²) in [4.78, 5) is 16.3. The smallest absolute Gasteiger partial charge is 0.236 e. The van der Waals surface area contributed by atoms with Gasteiger partial charge in [0.25, 0.3) is 0 Å². The first-order chi connectivity index (χ1) is 8.80. The molecule has 1 unspecified atom stereocenters. The molecule has 0 aliphatic carbocycles. The minimum absolute atomic E-state index is 0.0813. The Labute approximate surface area is 120 Å². The van der Waals surface area contributed by atoms with Crippen LogP contribution in [0.15, 0.2) is 0 Å². The number of rotatable bonds is 5. The number of nitrogens with zero attached hydrogens (tertiary/aromatic N) is 2. The summed E-state index contributed by atoms with van der Waals surface area (Å²) in [5.74, 6) is 0.0813. The molecule has 1 saturated heterocycles. The highest BCUT2D eigenvalue weighted by atomic mass is 32.1. The minimum atomic E-state index is -0.588. The van der Waals surface area contributed by atoms with E-state index in [9.17, 15) is 9.90 Å². The highest BCUT2D eigenvalue weighted by Crippen LogP contribution is 2.21. The third-order valence-corrected chi connectivity index (χ3v) is 3.84. The molecule has 19 heavy (non-hydrogen) atoms. The van der Waals surface area contributed by atoms with Gasteiger partial charge in [-0.15, -0.1) is 0 Å². The molecule has 3 N–H and O–H groups in total. The summed E-state index contributed by atoms with van der Waals surface area (Å²) in [6.07, 6.45) is 3.01. The Morgan fingerprint density at radius 1 is 1.47 bits per heavy atom. The van der Waals surface area contributed by atoms with Crippen molar-refractivity contribution in [3.63, 3.8) is 0 Å². The molecule has 1 aliphatic rings. The Morgan fingerprint density at radius 3 is 2.79 bits per heavy atom. The molecule has 1 amide bonds. The lowest BCUT2D eigenvalue weighted by atomic mass is 9.98. The van der Waals surface area contributed by atoms with Crippen molar-refractivity contribution in [2.24, 2.45) is 5.73 Å². The fourth-order valence-corrected chi connectivity index (χ4v) is 2.28. The van der Waals surface area contributed by atoms with Crippen LogP contribution in [0.4, 0.5) is 0 Å². The highest BCUT2D eigenvalue weighted by Gasteiger charge is 2.26. The van der Waals surface area contributed by atoms with E-state index in [1.54, 1.807) is 11.9 Å². The first kappa shape index (κ1) is 16.3. The summed E-state index contributed by atoms with van der Waals surface area (Å²) in [5.41, 5.74) is 4.84. The number of carbonyl (C=O) groups is 1. The van der Waals surface area contributed by atoms with Gasteiger partial charge in [0, 0.05) is 26.6 Å². The Balaban J connectivity index is 2.37. The van der Waals surface area contributed by atoms with Crippen LogP contribution < -0.4 is 5.73 Å². The number of likely N-dealkylation sites (N-methyl/N-ethyl adjacent to an activating group) is 1. The van der Waals surface area contributed by atoms with Crippen LogP contribution in [0.5, 0.6) is 0 Å². The molecule has 0 saturated carbocycles. The Morgan fingerprint density at radius 2 is 2.16 bits per heavy atom. The van der Waals surface area contributed by atoms with Crippen molar-refractivity contribution in [1.29, 1.82) is 0 Å². The van der Waals surface area contributed by atoms with Crippen LogP contribution in [0.1, 0.15) is 32.6 Å². The van der Waals surface area contributed by atoms with Gasteiger partial charge in [0.2, 0.25) is 5.91 Å². The molecule has 0 aromatic heterocycles. The molecular weight excluding hydrogens is 262 g/mol. The topological polar surface area (TPSA) is 69.8 Å². The van der Waals surface area contributed by atoms with Gasteiger partial charge in [0.05, 0.1) is 17.1 Å². The van der Waals surface area contributed by atoms with Crippen LogP contribution in [0.3, 0.4) is 0 Å². The van der Waals surface area contributed by atoms with Crippen molar-refractivity contribution in [2.75, 3.05) is 33.2 Å². The van der Waals surface area contributed by atoms with Crippen LogP contribution in [0.2, 0.25) is 0 Å². The summed E-state index contributed by atoms with van der Waals surface area (Å²) in [5, 5.41) is 10.0. The molecule has 1 fully saturated rings. The summed E-state index contributed by atoms with van der Waals surface area (Å²) in [6, 6.07) is 0. The standard InChI is InChI=1S/C13H25N3O2S/c1-13(18)5-3-7-16(9-6-13)10-12(17)15(2)8-4-11(14)19/h18H,3-10H2,1-2H3,(H2,14,19). The molecule has 0 aromatic rings. The van der Waals surface area contributed by atoms with Gasteiger partial charge in [-0.1, -0.05) is 12.2 Å². The lowest BCUT2D eigenvalue weighted by Crippen LogP contribution is -2.40. The van der Waals surface area contributed by atoms with Crippen molar-refractivity contribution in [2.45, 2.75) is 38.2 Å². The zero-order valence-electron chi connectivity index (χ0n) is 11.9. The van der Waals surface area contributed by atoms with E-state index in [0.29, 0.717) is 24.5 Å². The van der Waals surface area contributed by atoms with E-state index in [1.165, 1.54) is 0 Å². The predicted molar refractivity (Wildman–Crippen MR) is 80.0 cm³/mol. The van der Waals surface area contributed by atoms with Gasteiger partial charge in [0.1, 0.15) is 0 Å². The second-order valence-corrected chi connectivity index (χ2v) is 6.18. The maximum Gasteiger partial charge on any atom is 0.236 e. The molecular formula is C13H25N3O2S. The average molecular weight is 287 g/mol. The number of likely N-dealkylation sites (tertiary alicyclic amines) is 1. The van der Waals surface area contributed by atoms with Crippen LogP contribution in [-0.2, 0) is 4.79 Å². The van der Waals surface area contributed by atoms with Gasteiger partial charge in [0.15, 0.2) is 0 Å². The molecule has 5 nitrogen and oxygen atoms in total. The number of hydrogen-bond acceptors (Lipinski definition) is 4. The maximum absolute atomic E-state index is 12.0. The Kier molecular flexibility index (Phi) is 6.16. The second kappa shape index (κ2) is 7.17. The van der Waals surface area contributed by atoms with Crippen LogP contribution >= 0.6 is 12.2 Å². The van der Waals surface area contributed by atoms with Gasteiger partial charge >= 0.3 is 0 Å².